The highest BCUT2D eigenvalue weighted by molar-refractivity contribution is 6.64. The highest BCUT2D eigenvalue weighted by Gasteiger charge is 2.74. The maximum absolute atomic E-state index is 14.2. The molecule has 9 saturated carbocycles. The zero-order valence-electron chi connectivity index (χ0n) is 69.8. The minimum absolute atomic E-state index is 0. The second-order valence-electron chi connectivity index (χ2n) is 41.4. The molecule has 0 heterocycles. The molecule has 9 fully saturated rings. The number of primary amides is 1. The number of nitrogens with two attached hydrogens (primary N) is 1. The number of Topliss-reactive ketones (excluding diaryl/α,β-unsaturated/α-hetero) is 3. The van der Waals surface area contributed by atoms with Crippen molar-refractivity contribution in [1.82, 2.24) is 0 Å². The summed E-state index contributed by atoms with van der Waals surface area (Å²) in [6.45, 7) is 62.7. The number of carbonyl (C=O) groups excluding carboxylic acids is 8. The normalized spacial score (nSPS) is 46.5. The SMILES string of the molecule is C.C.C.[3H]C.[3H]C.[C-]#[N+]C1=C[C@]2(C)C3=CC(=O)[C@@H]4[C@@H]5CC(C)(C)CC[C@]5(C#N)CC[C@@]4(C)[C@]3(C)CC[C@H]2[C@H](C)C1=O.[C-]#[N+]C1=C[C@]2(C)C3=CC(=O)[C@@H]4[C@@H]5CC(C)(C)CC[C@]5(C(=O)Cl)CC[C@@]4(C)[C@]3(C)CC[C@H]2[C@H](C)C1=O.[C-]#[N+]C1=C[C@]2(C)C3=CC(=O)[C@@H]4[C@@H]5CC(C)(C)CC[C@]5(C(N)=O)CC[C@@]4(C)[C@]3(C)CC[C@H]2[C@H](C)C1=O. The number of nitrogens with zero attached hydrogens (tertiary/aromatic N) is 4. The molecular weight excluding hydrogens is 1370 g/mol. The van der Waals surface area contributed by atoms with E-state index < -0.39 is 27.1 Å². The predicted octanol–water partition coefficient (Wildman–Crippen LogP) is 22.5. The summed E-state index contributed by atoms with van der Waals surface area (Å²) < 4.78 is 11.5. The van der Waals surface area contributed by atoms with Crippen molar-refractivity contribution < 1.29 is 41.1 Å². The Bertz CT molecular complexity index is 4100. The number of allylic oxidation sites excluding steroid dienone is 12. The van der Waals surface area contributed by atoms with Crippen molar-refractivity contribution in [1.29, 1.82) is 5.26 Å². The van der Waals surface area contributed by atoms with Crippen molar-refractivity contribution in [2.75, 3.05) is 0 Å². The van der Waals surface area contributed by atoms with Crippen LogP contribution < -0.4 is 5.73 Å². The van der Waals surface area contributed by atoms with Gasteiger partial charge in [-0.1, -0.05) is 197 Å². The molecule has 0 spiro atoms. The zero-order chi connectivity index (χ0) is 80.4. The molecule has 109 heavy (non-hydrogen) atoms. The van der Waals surface area contributed by atoms with Gasteiger partial charge >= 0.3 is 0 Å². The van der Waals surface area contributed by atoms with Crippen LogP contribution in [0.3, 0.4) is 0 Å². The van der Waals surface area contributed by atoms with Crippen molar-refractivity contribution >= 4 is 57.5 Å². The van der Waals surface area contributed by atoms with Gasteiger partial charge in [0.25, 0.3) is 0 Å². The summed E-state index contributed by atoms with van der Waals surface area (Å²) in [7, 11) is 2.50. The molecule has 15 aliphatic carbocycles. The van der Waals surface area contributed by atoms with Crippen LogP contribution >= 0.6 is 11.6 Å². The van der Waals surface area contributed by atoms with Gasteiger partial charge in [0.05, 0.1) is 36.6 Å². The van der Waals surface area contributed by atoms with Crippen LogP contribution in [0.25, 0.3) is 14.5 Å². The summed E-state index contributed by atoms with van der Waals surface area (Å²) >= 11 is 6.35. The topological polar surface area (TPSA) is 199 Å². The maximum Gasteiger partial charge on any atom is 0.228 e. The Labute approximate surface area is 665 Å². The standard InChI is InChI=1S/C30H38ClNO3.C30H40N2O3.C30H38N2O2.5CH4/c2*1-17-18-8-9-28(5)22(27(18,4)16-20(32-7)24(17)34)14-21(33)23-19-15-26(2,3)10-12-30(19,25(31)35)13-11-29(23,28)6;1-18-19-8-9-28(5)23(27(19,4)16-21(32-7)25(18)34)14-22(33)24-20-15-26(2,3)10-12-30(20,17-31)13-11-29(24,28)6;;;;;/h14,16-19,23H,8-13,15H2,1-6H3;14,16-19,23H,8-13,15H2,1-6H3,(H2,31,35);14,16,18-20,24H,8-13,15H2,1-6H3;5*1H4/t2*17-,18-,19-,23-,27-,28+,29+,30-;18-,19-,20-,24-,27-,28+,29+,30+;;;;;/m000...../s1/i;;;2*1T;;;. The number of carbonyl (C=O) groups is 8. The van der Waals surface area contributed by atoms with Crippen molar-refractivity contribution in [3.8, 4) is 6.07 Å². The van der Waals surface area contributed by atoms with Crippen LogP contribution in [0.1, 0.15) is 299 Å². The lowest BCUT2D eigenvalue weighted by Crippen LogP contribution is -2.65. The number of rotatable bonds is 2. The lowest BCUT2D eigenvalue weighted by atomic mass is 9.35. The molecule has 596 valence electrons. The molecule has 15 rings (SSSR count). The Morgan fingerprint density at radius 3 is 1.01 bits per heavy atom. The predicted molar refractivity (Wildman–Crippen MR) is 435 cm³/mol. The molecule has 0 unspecified atom stereocenters. The van der Waals surface area contributed by atoms with Gasteiger partial charge in [0.2, 0.25) is 28.2 Å². The van der Waals surface area contributed by atoms with Gasteiger partial charge in [-0.15, -0.1) is 0 Å². The fourth-order valence-corrected chi connectivity index (χ4v) is 29.0. The summed E-state index contributed by atoms with van der Waals surface area (Å²) in [6, 6.07) is 2.74. The number of hydrogen-bond acceptors (Lipinski definition) is 9. The van der Waals surface area contributed by atoms with Gasteiger partial charge in [0, 0.05) is 59.9 Å². The fourth-order valence-electron chi connectivity index (χ4n) is 28.6. The number of ketones is 6. The molecule has 14 heteroatoms. The maximum atomic E-state index is 14.2. The van der Waals surface area contributed by atoms with Crippen LogP contribution in [-0.4, -0.2) is 45.8 Å². The first-order valence-electron chi connectivity index (χ1n) is 41.8. The third kappa shape index (κ3) is 11.8. The molecule has 0 radical (unpaired) electrons. The second kappa shape index (κ2) is 27.9. The lowest BCUT2D eigenvalue weighted by molar-refractivity contribution is -0.176. The number of hydrogen-bond donors (Lipinski definition) is 1. The van der Waals surface area contributed by atoms with E-state index >= 15 is 0 Å². The van der Waals surface area contributed by atoms with E-state index in [1.54, 1.807) is 0 Å². The second-order valence-corrected chi connectivity index (χ2v) is 41.7. The Hall–Kier alpha value is -6.15. The molecule has 1 amide bonds. The van der Waals surface area contributed by atoms with Crippen molar-refractivity contribution in [2.24, 2.45) is 158 Å². The first kappa shape index (κ1) is 85.3. The molecule has 0 saturated heterocycles. The average molecular weight is 1520 g/mol. The Kier molecular flexibility index (Phi) is 21.8. The Morgan fingerprint density at radius 2 is 0.697 bits per heavy atom. The number of halogens is 1. The van der Waals surface area contributed by atoms with Gasteiger partial charge in [-0.25, -0.2) is 14.5 Å². The van der Waals surface area contributed by atoms with Crippen LogP contribution in [0.2, 0.25) is 0 Å². The van der Waals surface area contributed by atoms with Gasteiger partial charge in [-0.05, 0) is 249 Å². The Balaban J connectivity index is 0.000000202. The fraction of sp³-hybridized carbons (Fsp3) is 0.747. The van der Waals surface area contributed by atoms with Gasteiger partial charge < -0.3 is 20.1 Å². The highest BCUT2D eigenvalue weighted by Crippen LogP contribution is 2.78. The Morgan fingerprint density at radius 1 is 0.431 bits per heavy atom. The van der Waals surface area contributed by atoms with E-state index in [0.29, 0.717) is 0 Å². The first-order chi connectivity index (χ1) is 50.1. The summed E-state index contributed by atoms with van der Waals surface area (Å²) in [5.41, 5.74) is 5.86. The summed E-state index contributed by atoms with van der Waals surface area (Å²) in [5, 5.41) is 10.1. The van der Waals surface area contributed by atoms with Crippen LogP contribution in [-0.2, 0) is 38.4 Å². The molecule has 0 aliphatic heterocycles. The number of nitriles is 1. The van der Waals surface area contributed by atoms with Crippen molar-refractivity contribution in [3.05, 3.63) is 105 Å². The third-order valence-corrected chi connectivity index (χ3v) is 36.0. The number of amides is 1. The molecule has 24 atom stereocenters. The summed E-state index contributed by atoms with van der Waals surface area (Å²) in [5.74, 6) is -0.956. The average Bonchev–Trinajstić information content (AvgIpc) is 0.682. The molecule has 0 aromatic rings. The van der Waals surface area contributed by atoms with Crippen LogP contribution in [0.5, 0.6) is 0 Å². The van der Waals surface area contributed by atoms with Gasteiger partial charge in [0.1, 0.15) is 0 Å². The smallest absolute Gasteiger partial charge is 0.228 e. The molecular formula is C95H136ClN5O8. The van der Waals surface area contributed by atoms with Crippen LogP contribution in [0.4, 0.5) is 0 Å². The van der Waals surface area contributed by atoms with Gasteiger partial charge in [-0.3, -0.25) is 24.0 Å². The molecule has 0 aromatic heterocycles. The third-order valence-electron chi connectivity index (χ3n) is 35.6. The minimum atomic E-state index is -0.608. The van der Waals surface area contributed by atoms with E-state index in [1.165, 1.54) is 14.8 Å². The monoisotopic (exact) mass is 1510 g/mol. The molecule has 2 N–H and O–H groups in total. The van der Waals surface area contributed by atoms with E-state index in [0.717, 1.165) is 152 Å². The first-order valence-corrected chi connectivity index (χ1v) is 40.1. The van der Waals surface area contributed by atoms with E-state index in [-0.39, 0.29) is 210 Å². The van der Waals surface area contributed by atoms with E-state index in [1.807, 2.05) is 57.2 Å². The van der Waals surface area contributed by atoms with Crippen molar-refractivity contribution in [3.63, 3.8) is 0 Å². The summed E-state index contributed by atoms with van der Waals surface area (Å²) in [6.07, 6.45) is 29.7. The van der Waals surface area contributed by atoms with Crippen LogP contribution in [0, 0.1) is 183 Å². The largest absolute Gasteiger partial charge is 0.369 e. The van der Waals surface area contributed by atoms with E-state index in [9.17, 15) is 43.6 Å². The van der Waals surface area contributed by atoms with Gasteiger partial charge in [-0.2, -0.15) is 5.26 Å². The van der Waals surface area contributed by atoms with Crippen LogP contribution in [0.15, 0.2) is 70.3 Å². The summed E-state index contributed by atoms with van der Waals surface area (Å²) in [4.78, 5) is 118. The van der Waals surface area contributed by atoms with Gasteiger partial charge in [0.15, 0.2) is 34.7 Å². The van der Waals surface area contributed by atoms with E-state index in [2.05, 4.69) is 124 Å². The molecule has 0 bridgehead atoms. The minimum Gasteiger partial charge on any atom is -0.369 e. The molecule has 13 nitrogen and oxygen atoms in total. The van der Waals surface area contributed by atoms with E-state index in [4.69, 9.17) is 39.8 Å². The lowest BCUT2D eigenvalue weighted by Gasteiger charge is -2.68. The molecule has 0 aromatic carbocycles. The molecule has 15 aliphatic rings. The van der Waals surface area contributed by atoms with Crippen molar-refractivity contribution in [2.45, 2.75) is 297 Å². The highest BCUT2D eigenvalue weighted by atomic mass is 35.5. The number of fused-ring (bicyclic) bond motifs is 21. The zero-order valence-corrected chi connectivity index (χ0v) is 68.5. The quantitative estimate of drug-likeness (QED) is 0.206.